The average Bonchev–Trinajstić information content (AvgIpc) is 3.30. The van der Waals surface area contributed by atoms with Gasteiger partial charge in [0.1, 0.15) is 18.1 Å². The lowest BCUT2D eigenvalue weighted by atomic mass is 10.0. The summed E-state index contributed by atoms with van der Waals surface area (Å²) >= 11 is 1.46. The molecule has 0 saturated carbocycles. The number of fused-ring (bicyclic) bond motifs is 1. The van der Waals surface area contributed by atoms with Crippen LogP contribution in [0.15, 0.2) is 29.1 Å². The highest BCUT2D eigenvalue weighted by molar-refractivity contribution is 7.17. The van der Waals surface area contributed by atoms with Gasteiger partial charge < -0.3 is 14.4 Å². The van der Waals surface area contributed by atoms with Gasteiger partial charge in [0.15, 0.2) is 0 Å². The fraction of sp³-hybridized carbons (Fsp3) is 0.500. The number of aromatic hydroxyl groups is 1. The predicted molar refractivity (Wildman–Crippen MR) is 91.4 cm³/mol. The van der Waals surface area contributed by atoms with Gasteiger partial charge in [-0.25, -0.2) is 4.98 Å². The first-order valence-corrected chi connectivity index (χ1v) is 8.92. The Balaban J connectivity index is 1.72. The van der Waals surface area contributed by atoms with E-state index in [1.54, 1.807) is 6.26 Å². The minimum absolute atomic E-state index is 0.137. The number of piperidine rings is 1. The first kappa shape index (κ1) is 15.6. The Hall–Kier alpha value is -1.90. The number of rotatable bonds is 4. The third kappa shape index (κ3) is 2.60. The lowest BCUT2D eigenvalue weighted by molar-refractivity contribution is 0.112. The Kier molecular flexibility index (Phi) is 4.03. The molecule has 3 aromatic rings. The highest BCUT2D eigenvalue weighted by atomic mass is 32.1. The second-order valence-electron chi connectivity index (χ2n) is 6.36. The molecule has 4 heterocycles. The normalized spacial score (nSPS) is 18.6. The van der Waals surface area contributed by atoms with Gasteiger partial charge in [-0.1, -0.05) is 11.3 Å². The lowest BCUT2D eigenvalue weighted by Crippen LogP contribution is -2.43. The molecule has 8 heteroatoms. The maximum absolute atomic E-state index is 10.6. The van der Waals surface area contributed by atoms with Crippen LogP contribution in [0.4, 0.5) is 0 Å². The van der Waals surface area contributed by atoms with Crippen molar-refractivity contribution in [2.24, 2.45) is 0 Å². The van der Waals surface area contributed by atoms with Crippen molar-refractivity contribution in [3.63, 3.8) is 0 Å². The van der Waals surface area contributed by atoms with E-state index in [-0.39, 0.29) is 11.9 Å². The van der Waals surface area contributed by atoms with Crippen LogP contribution in [0.5, 0.6) is 5.88 Å². The fourth-order valence-electron chi connectivity index (χ4n) is 3.45. The summed E-state index contributed by atoms with van der Waals surface area (Å²) in [7, 11) is 4.27. The Morgan fingerprint density at radius 2 is 2.21 bits per heavy atom. The molecule has 1 atom stereocenters. The number of likely N-dealkylation sites (tertiary alicyclic amines) is 1. The maximum Gasteiger partial charge on any atom is 0.230 e. The highest BCUT2D eigenvalue weighted by Crippen LogP contribution is 2.40. The summed E-state index contributed by atoms with van der Waals surface area (Å²) in [5.74, 6) is 0.977. The first-order chi connectivity index (χ1) is 11.6. The molecular formula is C16H21N5O2S. The number of nitrogens with zero attached hydrogens (tertiary/aromatic N) is 5. The van der Waals surface area contributed by atoms with Crippen LogP contribution in [0.25, 0.3) is 4.96 Å². The predicted octanol–water partition coefficient (Wildman–Crippen LogP) is 2.20. The molecule has 1 fully saturated rings. The molecule has 7 nitrogen and oxygen atoms in total. The zero-order valence-corrected chi connectivity index (χ0v) is 14.6. The van der Waals surface area contributed by atoms with Gasteiger partial charge in [-0.15, -0.1) is 0 Å². The Labute approximate surface area is 144 Å². The van der Waals surface area contributed by atoms with E-state index >= 15 is 0 Å². The summed E-state index contributed by atoms with van der Waals surface area (Å²) in [6.07, 6.45) is 5.34. The molecule has 4 rings (SSSR count). The molecule has 0 aromatic carbocycles. The molecule has 3 aromatic heterocycles. The van der Waals surface area contributed by atoms with Gasteiger partial charge in [0.05, 0.1) is 11.1 Å². The third-order valence-electron chi connectivity index (χ3n) is 4.87. The van der Waals surface area contributed by atoms with Crippen LogP contribution in [-0.2, 0) is 0 Å². The van der Waals surface area contributed by atoms with Crippen molar-refractivity contribution in [2.45, 2.75) is 24.9 Å². The molecule has 0 aliphatic carbocycles. The second-order valence-corrected chi connectivity index (χ2v) is 7.37. The average molecular weight is 347 g/mol. The standard InChI is InChI=1S/C16H21N5O2S/c1-19-7-5-11(6-8-19)20(2)13(12-4-3-9-23-12)14-15(22)21-16(24-14)17-10-18-21/h3-4,9-11,13,22H,5-8H2,1-2H3. The van der Waals surface area contributed by atoms with E-state index in [1.807, 2.05) is 12.1 Å². The Morgan fingerprint density at radius 3 is 2.88 bits per heavy atom. The summed E-state index contributed by atoms with van der Waals surface area (Å²) < 4.78 is 7.19. The number of thiazole rings is 1. The van der Waals surface area contributed by atoms with Gasteiger partial charge in [-0.2, -0.15) is 9.61 Å². The van der Waals surface area contributed by atoms with Crippen molar-refractivity contribution in [3.05, 3.63) is 35.4 Å². The Bertz CT molecular complexity index is 804. The van der Waals surface area contributed by atoms with E-state index in [2.05, 4.69) is 34.0 Å². The maximum atomic E-state index is 10.6. The molecule has 1 unspecified atom stereocenters. The van der Waals surface area contributed by atoms with Gasteiger partial charge in [-0.3, -0.25) is 4.90 Å². The summed E-state index contributed by atoms with van der Waals surface area (Å²) in [5.41, 5.74) is 0. The van der Waals surface area contributed by atoms with E-state index in [0.717, 1.165) is 36.6 Å². The van der Waals surface area contributed by atoms with Gasteiger partial charge in [0.2, 0.25) is 10.8 Å². The van der Waals surface area contributed by atoms with Crippen LogP contribution in [0.2, 0.25) is 0 Å². The van der Waals surface area contributed by atoms with Crippen molar-refractivity contribution in [1.29, 1.82) is 0 Å². The zero-order chi connectivity index (χ0) is 16.7. The lowest BCUT2D eigenvalue weighted by Gasteiger charge is -2.38. The number of furan rings is 1. The summed E-state index contributed by atoms with van der Waals surface area (Å²) in [5, 5.41) is 14.7. The molecule has 1 N–H and O–H groups in total. The van der Waals surface area contributed by atoms with Crippen LogP contribution in [0, 0.1) is 0 Å². The number of hydrogen-bond acceptors (Lipinski definition) is 7. The van der Waals surface area contributed by atoms with E-state index in [0.29, 0.717) is 11.0 Å². The second kappa shape index (κ2) is 6.19. The van der Waals surface area contributed by atoms with Crippen molar-refractivity contribution in [2.75, 3.05) is 27.2 Å². The van der Waals surface area contributed by atoms with Crippen molar-refractivity contribution in [3.8, 4) is 5.88 Å². The topological polar surface area (TPSA) is 70.0 Å². The van der Waals surface area contributed by atoms with Crippen molar-refractivity contribution >= 4 is 16.3 Å². The molecule has 128 valence electrons. The molecule has 0 bridgehead atoms. The van der Waals surface area contributed by atoms with Crippen molar-refractivity contribution in [1.82, 2.24) is 24.4 Å². The molecule has 24 heavy (non-hydrogen) atoms. The van der Waals surface area contributed by atoms with Crippen LogP contribution < -0.4 is 0 Å². The van der Waals surface area contributed by atoms with Gasteiger partial charge in [-0.05, 0) is 52.2 Å². The van der Waals surface area contributed by atoms with E-state index in [1.165, 1.54) is 22.2 Å². The number of aromatic nitrogens is 3. The minimum atomic E-state index is -0.137. The van der Waals surface area contributed by atoms with Crippen LogP contribution in [0.1, 0.15) is 29.5 Å². The third-order valence-corrected chi connectivity index (χ3v) is 5.96. The SMILES string of the molecule is CN1CCC(N(C)C(c2ccco2)c2sc3ncnn3c2O)CC1. The first-order valence-electron chi connectivity index (χ1n) is 8.10. The van der Waals surface area contributed by atoms with Crippen LogP contribution in [0.3, 0.4) is 0 Å². The quantitative estimate of drug-likeness (QED) is 0.780. The molecule has 0 spiro atoms. The van der Waals surface area contributed by atoms with Crippen molar-refractivity contribution < 1.29 is 9.52 Å². The highest BCUT2D eigenvalue weighted by Gasteiger charge is 2.33. The zero-order valence-electron chi connectivity index (χ0n) is 13.8. The smallest absolute Gasteiger partial charge is 0.230 e. The van der Waals surface area contributed by atoms with Gasteiger partial charge in [0, 0.05) is 6.04 Å². The molecule has 1 saturated heterocycles. The van der Waals surface area contributed by atoms with Gasteiger partial charge >= 0.3 is 0 Å². The van der Waals surface area contributed by atoms with Crippen LogP contribution >= 0.6 is 11.3 Å². The van der Waals surface area contributed by atoms with Gasteiger partial charge in [0.25, 0.3) is 0 Å². The molecule has 0 radical (unpaired) electrons. The largest absolute Gasteiger partial charge is 0.492 e. The van der Waals surface area contributed by atoms with E-state index in [4.69, 9.17) is 4.42 Å². The van der Waals surface area contributed by atoms with E-state index < -0.39 is 0 Å². The Morgan fingerprint density at radius 1 is 1.42 bits per heavy atom. The monoisotopic (exact) mass is 347 g/mol. The molecule has 0 amide bonds. The summed E-state index contributed by atoms with van der Waals surface area (Å²) in [4.78, 5) is 10.4. The fourth-order valence-corrected chi connectivity index (χ4v) is 4.54. The minimum Gasteiger partial charge on any atom is -0.492 e. The number of hydrogen-bond donors (Lipinski definition) is 1. The summed E-state index contributed by atoms with van der Waals surface area (Å²) in [6, 6.07) is 4.16. The molecular weight excluding hydrogens is 326 g/mol. The molecule has 1 aliphatic heterocycles. The summed E-state index contributed by atoms with van der Waals surface area (Å²) in [6.45, 7) is 2.17. The van der Waals surface area contributed by atoms with Crippen LogP contribution in [-0.4, -0.2) is 62.7 Å². The molecule has 1 aliphatic rings. The van der Waals surface area contributed by atoms with E-state index in [9.17, 15) is 5.11 Å².